The fraction of sp³-hybridized carbons (Fsp3) is 0.0455. The molecule has 0 atom stereocenters. The van der Waals surface area contributed by atoms with Crippen LogP contribution in [0.15, 0.2) is 94.3 Å². The molecule has 122 valence electrons. The molecule has 2 aromatic heterocycles. The molecule has 0 amide bonds. The first kappa shape index (κ1) is 15.2. The average molecular weight is 327 g/mol. The van der Waals surface area contributed by atoms with E-state index in [2.05, 4.69) is 4.57 Å². The van der Waals surface area contributed by atoms with E-state index in [9.17, 15) is 4.79 Å². The van der Waals surface area contributed by atoms with Crippen molar-refractivity contribution in [1.82, 2.24) is 4.57 Å². The third-order valence-corrected chi connectivity index (χ3v) is 4.30. The molecule has 2 aromatic carbocycles. The van der Waals surface area contributed by atoms with Gasteiger partial charge in [-0.15, -0.1) is 0 Å². The number of benzene rings is 2. The van der Waals surface area contributed by atoms with E-state index in [1.54, 1.807) is 12.3 Å². The molecule has 0 unspecified atom stereocenters. The van der Waals surface area contributed by atoms with E-state index in [-0.39, 0.29) is 5.43 Å². The van der Waals surface area contributed by atoms with E-state index in [4.69, 9.17) is 4.42 Å². The maximum atomic E-state index is 12.7. The van der Waals surface area contributed by atoms with Gasteiger partial charge in [-0.05, 0) is 36.8 Å². The number of hydrogen-bond donors (Lipinski definition) is 0. The molecule has 3 nitrogen and oxygen atoms in total. The molecule has 4 rings (SSSR count). The lowest BCUT2D eigenvalue weighted by molar-refractivity contribution is 0.577. The van der Waals surface area contributed by atoms with Crippen molar-refractivity contribution >= 4 is 0 Å². The largest absolute Gasteiger partial charge is 0.463 e. The smallest absolute Gasteiger partial charge is 0.185 e. The Kier molecular flexibility index (Phi) is 3.82. The minimum atomic E-state index is -0.00238. The molecule has 0 spiro atoms. The minimum absolute atomic E-state index is 0.00238. The first-order valence-electron chi connectivity index (χ1n) is 8.17. The van der Waals surface area contributed by atoms with Gasteiger partial charge in [-0.25, -0.2) is 0 Å². The van der Waals surface area contributed by atoms with Crippen LogP contribution in [0.2, 0.25) is 0 Å². The lowest BCUT2D eigenvalue weighted by Crippen LogP contribution is -2.15. The third kappa shape index (κ3) is 2.70. The van der Waals surface area contributed by atoms with Gasteiger partial charge in [0.25, 0.3) is 0 Å². The number of aromatic nitrogens is 1. The highest BCUT2D eigenvalue weighted by Gasteiger charge is 2.18. The zero-order valence-corrected chi connectivity index (χ0v) is 13.8. The molecular formula is C22H17NO2. The Morgan fingerprint density at radius 1 is 0.840 bits per heavy atom. The number of hydrogen-bond acceptors (Lipinski definition) is 2. The van der Waals surface area contributed by atoms with Crippen molar-refractivity contribution in [2.45, 2.75) is 6.92 Å². The second kappa shape index (κ2) is 6.29. The molecule has 0 saturated heterocycles. The molecule has 0 aliphatic heterocycles. The zero-order chi connectivity index (χ0) is 17.2. The number of pyridine rings is 1. The van der Waals surface area contributed by atoms with Crippen molar-refractivity contribution in [2.24, 2.45) is 0 Å². The van der Waals surface area contributed by atoms with Crippen molar-refractivity contribution in [3.05, 3.63) is 101 Å². The third-order valence-electron chi connectivity index (χ3n) is 4.30. The number of furan rings is 1. The second-order valence-corrected chi connectivity index (χ2v) is 5.88. The van der Waals surface area contributed by atoms with Crippen molar-refractivity contribution in [1.29, 1.82) is 0 Å². The summed E-state index contributed by atoms with van der Waals surface area (Å²) < 4.78 is 7.74. The lowest BCUT2D eigenvalue weighted by atomic mass is 10.0. The van der Waals surface area contributed by atoms with Gasteiger partial charge in [0.05, 0.1) is 17.7 Å². The Labute approximate surface area is 145 Å². The summed E-state index contributed by atoms with van der Waals surface area (Å²) in [4.78, 5) is 12.7. The van der Waals surface area contributed by atoms with E-state index in [1.165, 1.54) is 0 Å². The first-order valence-corrected chi connectivity index (χ1v) is 8.17. The van der Waals surface area contributed by atoms with Crippen molar-refractivity contribution in [3.63, 3.8) is 0 Å². The van der Waals surface area contributed by atoms with Crippen LogP contribution in [-0.2, 0) is 0 Å². The molecule has 0 aliphatic rings. The summed E-state index contributed by atoms with van der Waals surface area (Å²) in [5.74, 6) is 0.677. The maximum absolute atomic E-state index is 12.7. The number of rotatable bonds is 3. The van der Waals surface area contributed by atoms with Crippen LogP contribution in [0, 0.1) is 6.92 Å². The SMILES string of the molecule is Cc1c(-c2ccco2)n(-c2ccccc2)c(-c2ccccc2)cc1=O. The highest BCUT2D eigenvalue weighted by Crippen LogP contribution is 2.31. The van der Waals surface area contributed by atoms with Crippen LogP contribution in [0.3, 0.4) is 0 Å². The average Bonchev–Trinajstić information content (AvgIpc) is 3.19. The van der Waals surface area contributed by atoms with Crippen LogP contribution < -0.4 is 5.43 Å². The van der Waals surface area contributed by atoms with E-state index < -0.39 is 0 Å². The predicted molar refractivity (Wildman–Crippen MR) is 99.9 cm³/mol. The summed E-state index contributed by atoms with van der Waals surface area (Å²) >= 11 is 0. The molecule has 4 aromatic rings. The number of para-hydroxylation sites is 1. The first-order chi connectivity index (χ1) is 12.3. The van der Waals surface area contributed by atoms with E-state index in [0.717, 1.165) is 22.6 Å². The van der Waals surface area contributed by atoms with Gasteiger partial charge < -0.3 is 8.98 Å². The van der Waals surface area contributed by atoms with Crippen LogP contribution in [0.5, 0.6) is 0 Å². The summed E-state index contributed by atoms with van der Waals surface area (Å²) in [5.41, 5.74) is 4.25. The summed E-state index contributed by atoms with van der Waals surface area (Å²) in [5, 5.41) is 0. The van der Waals surface area contributed by atoms with Crippen LogP contribution >= 0.6 is 0 Å². The Balaban J connectivity index is 2.14. The molecule has 2 heterocycles. The van der Waals surface area contributed by atoms with E-state index >= 15 is 0 Å². The van der Waals surface area contributed by atoms with Gasteiger partial charge >= 0.3 is 0 Å². The Morgan fingerprint density at radius 2 is 1.52 bits per heavy atom. The minimum Gasteiger partial charge on any atom is -0.463 e. The molecule has 0 bridgehead atoms. The molecule has 0 saturated carbocycles. The fourth-order valence-corrected chi connectivity index (χ4v) is 3.08. The van der Waals surface area contributed by atoms with Crippen molar-refractivity contribution in [2.75, 3.05) is 0 Å². The quantitative estimate of drug-likeness (QED) is 0.526. The molecular weight excluding hydrogens is 310 g/mol. The Bertz CT molecular complexity index is 1050. The molecule has 0 N–H and O–H groups in total. The van der Waals surface area contributed by atoms with Crippen LogP contribution in [-0.4, -0.2) is 4.57 Å². The van der Waals surface area contributed by atoms with Crippen molar-refractivity contribution in [3.8, 4) is 28.4 Å². The maximum Gasteiger partial charge on any atom is 0.185 e. The Hall–Kier alpha value is -3.33. The number of nitrogens with zero attached hydrogens (tertiary/aromatic N) is 1. The molecule has 0 fully saturated rings. The van der Waals surface area contributed by atoms with Crippen LogP contribution in [0.4, 0.5) is 0 Å². The summed E-state index contributed by atoms with van der Waals surface area (Å²) in [6.45, 7) is 1.84. The molecule has 25 heavy (non-hydrogen) atoms. The summed E-state index contributed by atoms with van der Waals surface area (Å²) in [6.07, 6.45) is 1.63. The summed E-state index contributed by atoms with van der Waals surface area (Å²) in [6, 6.07) is 25.4. The zero-order valence-electron chi connectivity index (χ0n) is 13.8. The van der Waals surface area contributed by atoms with Gasteiger partial charge in [-0.3, -0.25) is 4.79 Å². The molecule has 0 radical (unpaired) electrons. The monoisotopic (exact) mass is 327 g/mol. The highest BCUT2D eigenvalue weighted by molar-refractivity contribution is 5.71. The van der Waals surface area contributed by atoms with Crippen LogP contribution in [0.1, 0.15) is 5.56 Å². The Morgan fingerprint density at radius 3 is 2.16 bits per heavy atom. The van der Waals surface area contributed by atoms with Crippen LogP contribution in [0.25, 0.3) is 28.4 Å². The lowest BCUT2D eigenvalue weighted by Gasteiger charge is -2.20. The molecule has 3 heteroatoms. The van der Waals surface area contributed by atoms with E-state index in [1.807, 2.05) is 79.7 Å². The van der Waals surface area contributed by atoms with Crippen molar-refractivity contribution < 1.29 is 4.42 Å². The highest BCUT2D eigenvalue weighted by atomic mass is 16.3. The van der Waals surface area contributed by atoms with Gasteiger partial charge in [0.1, 0.15) is 0 Å². The fourth-order valence-electron chi connectivity index (χ4n) is 3.08. The topological polar surface area (TPSA) is 35.1 Å². The van der Waals surface area contributed by atoms with Gasteiger partial charge in [0.15, 0.2) is 11.2 Å². The standard InChI is InChI=1S/C22H17NO2/c1-16-20(24)15-19(17-9-4-2-5-10-17)23(18-11-6-3-7-12-18)22(16)21-13-8-14-25-21/h2-15H,1H3. The van der Waals surface area contributed by atoms with Gasteiger partial charge in [0.2, 0.25) is 0 Å². The van der Waals surface area contributed by atoms with Gasteiger partial charge in [-0.2, -0.15) is 0 Å². The van der Waals surface area contributed by atoms with Gasteiger partial charge in [0, 0.05) is 17.3 Å². The second-order valence-electron chi connectivity index (χ2n) is 5.88. The molecule has 0 aliphatic carbocycles. The van der Waals surface area contributed by atoms with E-state index in [0.29, 0.717) is 11.3 Å². The summed E-state index contributed by atoms with van der Waals surface area (Å²) in [7, 11) is 0. The normalized spacial score (nSPS) is 10.8. The van der Waals surface area contributed by atoms with Gasteiger partial charge in [-0.1, -0.05) is 48.5 Å². The predicted octanol–water partition coefficient (Wildman–Crippen LogP) is 5.07.